The average Bonchev–Trinajstić information content (AvgIpc) is 2.53. The number of nitrogens with one attached hydrogen (secondary N) is 1. The number of piperidine rings is 1. The van der Waals surface area contributed by atoms with Crippen LogP contribution in [0.25, 0.3) is 0 Å². The standard InChI is InChI=1S/C16H24ClN3O4S/c1-19-8-6-12(7-9-19)18-16(21)11-20(25(3,22)23)13-4-5-15(24-2)14(17)10-13/h4-5,10,12H,6-9,11H2,1-3H3,(H,18,21). The van der Waals surface area contributed by atoms with Crippen LogP contribution in [0.5, 0.6) is 5.75 Å². The van der Waals surface area contributed by atoms with Gasteiger partial charge in [-0.15, -0.1) is 0 Å². The van der Waals surface area contributed by atoms with Crippen LogP contribution in [0.1, 0.15) is 12.8 Å². The fraction of sp³-hybridized carbons (Fsp3) is 0.562. The third-order valence-electron chi connectivity index (χ3n) is 4.19. The Kier molecular flexibility index (Phi) is 6.53. The van der Waals surface area contributed by atoms with Gasteiger partial charge in [0.25, 0.3) is 0 Å². The van der Waals surface area contributed by atoms with Crippen LogP contribution in [0.2, 0.25) is 5.02 Å². The van der Waals surface area contributed by atoms with Crippen LogP contribution in [-0.2, 0) is 14.8 Å². The van der Waals surface area contributed by atoms with E-state index in [9.17, 15) is 13.2 Å². The third-order valence-corrected chi connectivity index (χ3v) is 5.63. The largest absolute Gasteiger partial charge is 0.495 e. The Morgan fingerprint density at radius 2 is 2.04 bits per heavy atom. The van der Waals surface area contributed by atoms with Gasteiger partial charge in [-0.2, -0.15) is 0 Å². The van der Waals surface area contributed by atoms with Gasteiger partial charge < -0.3 is 15.0 Å². The van der Waals surface area contributed by atoms with E-state index in [1.165, 1.54) is 13.2 Å². The zero-order valence-corrected chi connectivity index (χ0v) is 16.2. The van der Waals surface area contributed by atoms with Crippen LogP contribution in [0, 0.1) is 0 Å². The predicted octanol–water partition coefficient (Wildman–Crippen LogP) is 1.33. The van der Waals surface area contributed by atoms with Gasteiger partial charge in [-0.1, -0.05) is 11.6 Å². The Hall–Kier alpha value is -1.51. The number of likely N-dealkylation sites (tertiary alicyclic amines) is 1. The highest BCUT2D eigenvalue weighted by molar-refractivity contribution is 7.92. The van der Waals surface area contributed by atoms with Crippen LogP contribution in [0.4, 0.5) is 5.69 Å². The summed E-state index contributed by atoms with van der Waals surface area (Å²) in [5.41, 5.74) is 0.326. The van der Waals surface area contributed by atoms with Gasteiger partial charge in [-0.3, -0.25) is 9.10 Å². The van der Waals surface area contributed by atoms with Gasteiger partial charge in [0.1, 0.15) is 12.3 Å². The minimum absolute atomic E-state index is 0.0737. The molecular formula is C16H24ClN3O4S. The number of anilines is 1. The molecule has 0 unspecified atom stereocenters. The molecule has 0 bridgehead atoms. The zero-order chi connectivity index (χ0) is 18.6. The summed E-state index contributed by atoms with van der Waals surface area (Å²) in [6.45, 7) is 1.54. The van der Waals surface area contributed by atoms with E-state index < -0.39 is 10.0 Å². The number of sulfonamides is 1. The normalized spacial score (nSPS) is 16.5. The third kappa shape index (κ3) is 5.49. The molecule has 0 spiro atoms. The molecule has 9 heteroatoms. The Labute approximate surface area is 153 Å². The maximum absolute atomic E-state index is 12.3. The fourth-order valence-corrected chi connectivity index (χ4v) is 3.87. The lowest BCUT2D eigenvalue weighted by Gasteiger charge is -2.30. The van der Waals surface area contributed by atoms with Gasteiger partial charge in [-0.05, 0) is 51.2 Å². The van der Waals surface area contributed by atoms with Crippen molar-refractivity contribution in [2.75, 3.05) is 44.4 Å². The molecule has 25 heavy (non-hydrogen) atoms. The lowest BCUT2D eigenvalue weighted by molar-refractivity contribution is -0.120. The smallest absolute Gasteiger partial charge is 0.240 e. The molecule has 1 aromatic rings. The van der Waals surface area contributed by atoms with Crippen molar-refractivity contribution in [3.05, 3.63) is 23.2 Å². The number of carbonyl (C=O) groups is 1. The summed E-state index contributed by atoms with van der Waals surface area (Å²) in [6, 6.07) is 4.69. The van der Waals surface area contributed by atoms with Crippen molar-refractivity contribution in [2.45, 2.75) is 18.9 Å². The van der Waals surface area contributed by atoms with Crippen molar-refractivity contribution < 1.29 is 17.9 Å². The van der Waals surface area contributed by atoms with Gasteiger partial charge in [-0.25, -0.2) is 8.42 Å². The summed E-state index contributed by atoms with van der Waals surface area (Å²) >= 11 is 6.08. The molecular weight excluding hydrogens is 366 g/mol. The van der Waals surface area contributed by atoms with E-state index in [0.29, 0.717) is 11.4 Å². The second kappa shape index (κ2) is 8.25. The second-order valence-electron chi connectivity index (χ2n) is 6.23. The molecule has 7 nitrogen and oxygen atoms in total. The Balaban J connectivity index is 2.10. The molecule has 1 N–H and O–H groups in total. The summed E-state index contributed by atoms with van der Waals surface area (Å²) in [5, 5.41) is 3.20. The molecule has 0 radical (unpaired) electrons. The minimum Gasteiger partial charge on any atom is -0.495 e. The Morgan fingerprint density at radius 3 is 2.56 bits per heavy atom. The highest BCUT2D eigenvalue weighted by atomic mass is 35.5. The topological polar surface area (TPSA) is 79.0 Å². The molecule has 0 aliphatic carbocycles. The molecule has 1 aliphatic heterocycles. The first-order chi connectivity index (χ1) is 11.7. The number of ether oxygens (including phenoxy) is 1. The summed E-state index contributed by atoms with van der Waals surface area (Å²) in [7, 11) is -0.119. The number of hydrogen-bond donors (Lipinski definition) is 1. The molecule has 0 atom stereocenters. The monoisotopic (exact) mass is 389 g/mol. The Bertz CT molecular complexity index is 718. The molecule has 140 valence electrons. The fourth-order valence-electron chi connectivity index (χ4n) is 2.77. The van der Waals surface area contributed by atoms with Gasteiger partial charge in [0.2, 0.25) is 15.9 Å². The SMILES string of the molecule is COc1ccc(N(CC(=O)NC2CCN(C)CC2)S(C)(=O)=O)cc1Cl. The van der Waals surface area contributed by atoms with Crippen LogP contribution >= 0.6 is 11.6 Å². The number of rotatable bonds is 6. The lowest BCUT2D eigenvalue weighted by Crippen LogP contribution is -2.47. The first-order valence-electron chi connectivity index (χ1n) is 8.00. The molecule has 1 aliphatic rings. The van der Waals surface area contributed by atoms with Crippen LogP contribution in [0.15, 0.2) is 18.2 Å². The lowest BCUT2D eigenvalue weighted by atomic mass is 10.1. The highest BCUT2D eigenvalue weighted by Crippen LogP contribution is 2.30. The number of hydrogen-bond acceptors (Lipinski definition) is 5. The second-order valence-corrected chi connectivity index (χ2v) is 8.55. The number of halogens is 1. The van der Waals surface area contributed by atoms with E-state index in [0.717, 1.165) is 36.5 Å². The van der Waals surface area contributed by atoms with Gasteiger partial charge in [0.15, 0.2) is 0 Å². The van der Waals surface area contributed by atoms with Crippen molar-refractivity contribution in [2.24, 2.45) is 0 Å². The van der Waals surface area contributed by atoms with Crippen molar-refractivity contribution in [1.29, 1.82) is 0 Å². The maximum Gasteiger partial charge on any atom is 0.240 e. The van der Waals surface area contributed by atoms with Crippen molar-refractivity contribution in [3.8, 4) is 5.75 Å². The van der Waals surface area contributed by atoms with E-state index in [1.807, 2.05) is 7.05 Å². The number of nitrogens with zero attached hydrogens (tertiary/aromatic N) is 2. The van der Waals surface area contributed by atoms with Gasteiger partial charge in [0, 0.05) is 6.04 Å². The maximum atomic E-state index is 12.3. The first-order valence-corrected chi connectivity index (χ1v) is 10.2. The van der Waals surface area contributed by atoms with Crippen molar-refractivity contribution in [1.82, 2.24) is 10.2 Å². The van der Waals surface area contributed by atoms with Gasteiger partial charge in [0.05, 0.1) is 24.1 Å². The number of benzene rings is 1. The summed E-state index contributed by atoms with van der Waals surface area (Å²) < 4.78 is 30.4. The van der Waals surface area contributed by atoms with Crippen LogP contribution in [0.3, 0.4) is 0 Å². The zero-order valence-electron chi connectivity index (χ0n) is 14.7. The molecule has 1 fully saturated rings. The Morgan fingerprint density at radius 1 is 1.40 bits per heavy atom. The summed E-state index contributed by atoms with van der Waals surface area (Å²) in [5.74, 6) is 0.113. The van der Waals surface area contributed by atoms with Gasteiger partial charge >= 0.3 is 0 Å². The van der Waals surface area contributed by atoms with Crippen LogP contribution in [-0.4, -0.2) is 65.3 Å². The molecule has 0 saturated carbocycles. The highest BCUT2D eigenvalue weighted by Gasteiger charge is 2.24. The van der Waals surface area contributed by atoms with E-state index in [4.69, 9.17) is 16.3 Å². The van der Waals surface area contributed by atoms with E-state index >= 15 is 0 Å². The number of amides is 1. The molecule has 1 saturated heterocycles. The van der Waals surface area contributed by atoms with Crippen LogP contribution < -0.4 is 14.4 Å². The first kappa shape index (κ1) is 19.8. The predicted molar refractivity (Wildman–Crippen MR) is 98.9 cm³/mol. The molecule has 1 amide bonds. The number of methoxy groups -OCH3 is 1. The quantitative estimate of drug-likeness (QED) is 0.793. The number of carbonyl (C=O) groups excluding carboxylic acids is 1. The van der Waals surface area contributed by atoms with Crippen molar-refractivity contribution in [3.63, 3.8) is 0 Å². The molecule has 2 rings (SSSR count). The molecule has 1 aromatic carbocycles. The summed E-state index contributed by atoms with van der Waals surface area (Å²) in [6.07, 6.45) is 2.78. The van der Waals surface area contributed by atoms with E-state index in [1.54, 1.807) is 12.1 Å². The van der Waals surface area contributed by atoms with Crippen molar-refractivity contribution >= 4 is 33.2 Å². The van der Waals surface area contributed by atoms with E-state index in [-0.39, 0.29) is 23.5 Å². The average molecular weight is 390 g/mol. The minimum atomic E-state index is -3.63. The van der Waals surface area contributed by atoms with E-state index in [2.05, 4.69) is 10.2 Å². The molecule has 0 aromatic heterocycles. The molecule has 1 heterocycles. The summed E-state index contributed by atoms with van der Waals surface area (Å²) in [4.78, 5) is 14.5.